The lowest BCUT2D eigenvalue weighted by atomic mass is 10.1. The van der Waals surface area contributed by atoms with Crippen LogP contribution in [0, 0.1) is 6.92 Å². The molecule has 0 atom stereocenters. The second-order valence-corrected chi connectivity index (χ2v) is 3.99. The summed E-state index contributed by atoms with van der Waals surface area (Å²) >= 11 is 0. The normalized spacial score (nSPS) is 11.1. The van der Waals surface area contributed by atoms with Gasteiger partial charge in [0.1, 0.15) is 5.65 Å². The number of nitrogens with zero attached hydrogens (tertiary/aromatic N) is 2. The van der Waals surface area contributed by atoms with Gasteiger partial charge in [-0.25, -0.2) is 9.78 Å². The maximum atomic E-state index is 11.0. The third-order valence-electron chi connectivity index (χ3n) is 2.97. The Bertz CT molecular complexity index is 744. The van der Waals surface area contributed by atoms with Crippen molar-refractivity contribution in [3.63, 3.8) is 0 Å². The fraction of sp³-hybridized carbons (Fsp3) is 0.0769. The number of fused-ring (bicyclic) bond motifs is 3. The van der Waals surface area contributed by atoms with E-state index in [9.17, 15) is 4.79 Å². The zero-order chi connectivity index (χ0) is 12.0. The first-order valence-corrected chi connectivity index (χ1v) is 5.27. The number of carboxylic acid groups (broad SMARTS) is 1. The Hall–Kier alpha value is -2.36. The number of aromatic nitrogens is 2. The molecule has 0 aliphatic rings. The minimum atomic E-state index is -0.968. The molecule has 4 heteroatoms. The van der Waals surface area contributed by atoms with E-state index in [1.165, 1.54) is 6.20 Å². The molecule has 2 aromatic heterocycles. The number of carboxylic acids is 1. The summed E-state index contributed by atoms with van der Waals surface area (Å²) in [4.78, 5) is 15.2. The van der Waals surface area contributed by atoms with E-state index in [4.69, 9.17) is 5.11 Å². The second-order valence-electron chi connectivity index (χ2n) is 3.99. The van der Waals surface area contributed by atoms with Gasteiger partial charge in [-0.2, -0.15) is 0 Å². The molecule has 0 bridgehead atoms. The standard InChI is InChI=1S/C13H10N2O2/c1-8-3-2-4-10-9(8)5-6-15-11(13(16)17)7-14-12(10)15/h2-7H,1H3,(H,16,17). The van der Waals surface area contributed by atoms with Crippen LogP contribution in [0.15, 0.2) is 36.7 Å². The number of hydrogen-bond acceptors (Lipinski definition) is 2. The van der Waals surface area contributed by atoms with Crippen molar-refractivity contribution in [1.29, 1.82) is 0 Å². The lowest BCUT2D eigenvalue weighted by Gasteiger charge is -2.04. The number of imidazole rings is 1. The number of hydrogen-bond donors (Lipinski definition) is 1. The number of rotatable bonds is 1. The van der Waals surface area contributed by atoms with E-state index in [1.807, 2.05) is 31.2 Å². The van der Waals surface area contributed by atoms with Crippen molar-refractivity contribution < 1.29 is 9.90 Å². The van der Waals surface area contributed by atoms with Gasteiger partial charge in [-0.05, 0) is 23.9 Å². The summed E-state index contributed by atoms with van der Waals surface area (Å²) in [5.74, 6) is -0.968. The fourth-order valence-corrected chi connectivity index (χ4v) is 2.12. The Kier molecular flexibility index (Phi) is 1.92. The molecule has 3 aromatic rings. The Balaban J connectivity index is 2.50. The monoisotopic (exact) mass is 226 g/mol. The van der Waals surface area contributed by atoms with Crippen LogP contribution >= 0.6 is 0 Å². The van der Waals surface area contributed by atoms with Crippen molar-refractivity contribution in [2.75, 3.05) is 0 Å². The Labute approximate surface area is 97.1 Å². The lowest BCUT2D eigenvalue weighted by Crippen LogP contribution is -2.01. The molecule has 0 radical (unpaired) electrons. The van der Waals surface area contributed by atoms with Gasteiger partial charge in [-0.15, -0.1) is 0 Å². The molecule has 0 saturated heterocycles. The van der Waals surface area contributed by atoms with Gasteiger partial charge in [-0.1, -0.05) is 18.2 Å². The minimum absolute atomic E-state index is 0.184. The summed E-state index contributed by atoms with van der Waals surface area (Å²) < 4.78 is 1.60. The van der Waals surface area contributed by atoms with Crippen molar-refractivity contribution in [1.82, 2.24) is 9.38 Å². The maximum absolute atomic E-state index is 11.0. The van der Waals surface area contributed by atoms with Crippen molar-refractivity contribution in [3.8, 4) is 0 Å². The van der Waals surface area contributed by atoms with Gasteiger partial charge >= 0.3 is 5.97 Å². The van der Waals surface area contributed by atoms with Gasteiger partial charge in [0.2, 0.25) is 0 Å². The molecule has 3 rings (SSSR count). The second kappa shape index (κ2) is 3.31. The fourth-order valence-electron chi connectivity index (χ4n) is 2.12. The maximum Gasteiger partial charge on any atom is 0.354 e. The van der Waals surface area contributed by atoms with Crippen LogP contribution in [0.4, 0.5) is 0 Å². The summed E-state index contributed by atoms with van der Waals surface area (Å²) in [6.45, 7) is 2.03. The quantitative estimate of drug-likeness (QED) is 0.693. The molecular weight excluding hydrogens is 216 g/mol. The van der Waals surface area contributed by atoms with Crippen molar-refractivity contribution >= 4 is 22.4 Å². The molecule has 4 nitrogen and oxygen atoms in total. The van der Waals surface area contributed by atoms with Crippen molar-refractivity contribution in [2.24, 2.45) is 0 Å². The van der Waals surface area contributed by atoms with E-state index in [0.29, 0.717) is 5.65 Å². The number of aryl methyl sites for hydroxylation is 1. The van der Waals surface area contributed by atoms with E-state index in [2.05, 4.69) is 4.98 Å². The van der Waals surface area contributed by atoms with Gasteiger partial charge in [0, 0.05) is 11.6 Å². The van der Waals surface area contributed by atoms with Gasteiger partial charge < -0.3 is 5.11 Å². The van der Waals surface area contributed by atoms with Crippen LogP contribution in [0.5, 0.6) is 0 Å². The van der Waals surface area contributed by atoms with Crippen molar-refractivity contribution in [2.45, 2.75) is 6.92 Å². The van der Waals surface area contributed by atoms with Crippen LogP contribution in [0.2, 0.25) is 0 Å². The van der Waals surface area contributed by atoms with Crippen molar-refractivity contribution in [3.05, 3.63) is 47.9 Å². The topological polar surface area (TPSA) is 54.6 Å². The third-order valence-corrected chi connectivity index (χ3v) is 2.97. The number of carbonyl (C=O) groups is 1. The molecule has 84 valence electrons. The summed E-state index contributed by atoms with van der Waals surface area (Å²) in [6, 6.07) is 7.86. The van der Waals surface area contributed by atoms with Gasteiger partial charge in [0.15, 0.2) is 5.69 Å². The number of aromatic carboxylic acids is 1. The molecule has 0 aliphatic carbocycles. The average molecular weight is 226 g/mol. The zero-order valence-corrected chi connectivity index (χ0v) is 9.21. The summed E-state index contributed by atoms with van der Waals surface area (Å²) in [6.07, 6.45) is 3.14. The van der Waals surface area contributed by atoms with Crippen LogP contribution in [0.25, 0.3) is 16.4 Å². The smallest absolute Gasteiger partial charge is 0.354 e. The summed E-state index contributed by atoms with van der Waals surface area (Å²) in [5.41, 5.74) is 2.02. The predicted octanol–water partition coefficient (Wildman–Crippen LogP) is 2.49. The highest BCUT2D eigenvalue weighted by atomic mass is 16.4. The Morgan fingerprint density at radius 2 is 2.12 bits per heavy atom. The molecule has 17 heavy (non-hydrogen) atoms. The third kappa shape index (κ3) is 1.30. The molecule has 0 aliphatic heterocycles. The van der Waals surface area contributed by atoms with Crippen LogP contribution in [-0.2, 0) is 0 Å². The molecule has 1 N–H and O–H groups in total. The first-order chi connectivity index (χ1) is 8.18. The van der Waals surface area contributed by atoms with E-state index in [1.54, 1.807) is 10.6 Å². The van der Waals surface area contributed by atoms with Gasteiger partial charge in [0.25, 0.3) is 0 Å². The first-order valence-electron chi connectivity index (χ1n) is 5.27. The Morgan fingerprint density at radius 3 is 2.88 bits per heavy atom. The molecule has 0 unspecified atom stereocenters. The zero-order valence-electron chi connectivity index (χ0n) is 9.21. The molecule has 2 heterocycles. The summed E-state index contributed by atoms with van der Waals surface area (Å²) in [7, 11) is 0. The SMILES string of the molecule is Cc1cccc2c1ccn1c(C(=O)O)cnc21. The highest BCUT2D eigenvalue weighted by Gasteiger charge is 2.12. The lowest BCUT2D eigenvalue weighted by molar-refractivity contribution is 0.0689. The van der Waals surface area contributed by atoms with E-state index >= 15 is 0 Å². The molecule has 0 spiro atoms. The van der Waals surface area contributed by atoms with Gasteiger partial charge in [0.05, 0.1) is 6.20 Å². The average Bonchev–Trinajstić information content (AvgIpc) is 2.73. The molecular formula is C13H10N2O2. The first kappa shape index (κ1) is 9.84. The molecule has 1 aromatic carbocycles. The molecule has 0 saturated carbocycles. The molecule has 0 fully saturated rings. The van der Waals surface area contributed by atoms with E-state index in [0.717, 1.165) is 16.3 Å². The molecule has 0 amide bonds. The number of pyridine rings is 1. The van der Waals surface area contributed by atoms with Gasteiger partial charge in [-0.3, -0.25) is 4.40 Å². The van der Waals surface area contributed by atoms with Crippen LogP contribution in [-0.4, -0.2) is 20.5 Å². The van der Waals surface area contributed by atoms with Crippen LogP contribution < -0.4 is 0 Å². The highest BCUT2D eigenvalue weighted by molar-refractivity contribution is 5.98. The van der Waals surface area contributed by atoms with Crippen LogP contribution in [0.3, 0.4) is 0 Å². The summed E-state index contributed by atoms with van der Waals surface area (Å²) in [5, 5.41) is 11.1. The largest absolute Gasteiger partial charge is 0.477 e. The minimum Gasteiger partial charge on any atom is -0.477 e. The van der Waals surface area contributed by atoms with E-state index in [-0.39, 0.29) is 5.69 Å². The van der Waals surface area contributed by atoms with Crippen LogP contribution in [0.1, 0.15) is 16.1 Å². The number of benzene rings is 1. The predicted molar refractivity (Wildman–Crippen MR) is 64.4 cm³/mol. The highest BCUT2D eigenvalue weighted by Crippen LogP contribution is 2.22. The van der Waals surface area contributed by atoms with E-state index < -0.39 is 5.97 Å². The Morgan fingerprint density at radius 1 is 1.29 bits per heavy atom.